The molecule has 0 fully saturated rings. The normalized spacial score (nSPS) is 14.7. The number of fused-ring (bicyclic) bond motifs is 1. The number of nitrogens with zero attached hydrogens (tertiary/aromatic N) is 1. The Morgan fingerprint density at radius 2 is 2.13 bits per heavy atom. The highest BCUT2D eigenvalue weighted by atomic mass is 32.1. The summed E-state index contributed by atoms with van der Waals surface area (Å²) in [5.41, 5.74) is 9.33. The standard InChI is InChI=1S/C12H16N2S/c13-12(15)8-7-10-6-5-9-3-1-2-4-11(9)14-10/h5-6H,1-4,7-8H2,(H2,13,15). The number of rotatable bonds is 3. The number of pyridine rings is 1. The van der Waals surface area contributed by atoms with Crippen molar-refractivity contribution in [2.45, 2.75) is 38.5 Å². The average Bonchev–Trinajstić information content (AvgIpc) is 2.26. The van der Waals surface area contributed by atoms with Crippen molar-refractivity contribution in [2.75, 3.05) is 0 Å². The molecule has 3 heteroatoms. The van der Waals surface area contributed by atoms with Crippen molar-refractivity contribution in [3.63, 3.8) is 0 Å². The second-order valence-corrected chi connectivity index (χ2v) is 4.61. The number of thiocarbonyl (C=S) groups is 1. The van der Waals surface area contributed by atoms with E-state index in [1.807, 2.05) is 0 Å². The molecular formula is C12H16N2S. The maximum atomic E-state index is 5.48. The molecule has 0 spiro atoms. The first kappa shape index (κ1) is 10.6. The van der Waals surface area contributed by atoms with Gasteiger partial charge in [-0.05, 0) is 43.7 Å². The van der Waals surface area contributed by atoms with Crippen molar-refractivity contribution in [2.24, 2.45) is 5.73 Å². The summed E-state index contributed by atoms with van der Waals surface area (Å²) in [6.07, 6.45) is 6.55. The fourth-order valence-corrected chi connectivity index (χ4v) is 2.12. The summed E-state index contributed by atoms with van der Waals surface area (Å²) < 4.78 is 0. The molecule has 1 heterocycles. The summed E-state index contributed by atoms with van der Waals surface area (Å²) in [7, 11) is 0. The Labute approximate surface area is 95.9 Å². The Kier molecular flexibility index (Phi) is 3.31. The zero-order chi connectivity index (χ0) is 10.7. The average molecular weight is 220 g/mol. The molecule has 0 bridgehead atoms. The second kappa shape index (κ2) is 4.71. The molecule has 0 saturated heterocycles. The van der Waals surface area contributed by atoms with E-state index in [0.717, 1.165) is 25.0 Å². The fraction of sp³-hybridized carbons (Fsp3) is 0.500. The number of aromatic nitrogens is 1. The van der Waals surface area contributed by atoms with Gasteiger partial charge in [0.25, 0.3) is 0 Å². The molecule has 0 saturated carbocycles. The molecule has 0 atom stereocenters. The predicted octanol–water partition coefficient (Wildman–Crippen LogP) is 2.18. The van der Waals surface area contributed by atoms with Crippen LogP contribution in [0, 0.1) is 0 Å². The summed E-state index contributed by atoms with van der Waals surface area (Å²) >= 11 is 4.87. The topological polar surface area (TPSA) is 38.9 Å². The van der Waals surface area contributed by atoms with Gasteiger partial charge in [0.2, 0.25) is 0 Å². The van der Waals surface area contributed by atoms with Crippen molar-refractivity contribution < 1.29 is 0 Å². The van der Waals surface area contributed by atoms with Crippen molar-refractivity contribution in [1.29, 1.82) is 0 Å². The van der Waals surface area contributed by atoms with Gasteiger partial charge in [-0.15, -0.1) is 0 Å². The molecule has 0 amide bonds. The largest absolute Gasteiger partial charge is 0.393 e. The van der Waals surface area contributed by atoms with Crippen LogP contribution >= 0.6 is 12.2 Å². The molecule has 2 rings (SSSR count). The van der Waals surface area contributed by atoms with E-state index < -0.39 is 0 Å². The first-order valence-corrected chi connectivity index (χ1v) is 5.92. The van der Waals surface area contributed by atoms with Crippen LogP contribution in [0.2, 0.25) is 0 Å². The van der Waals surface area contributed by atoms with Crippen molar-refractivity contribution in [3.8, 4) is 0 Å². The highest BCUT2D eigenvalue weighted by molar-refractivity contribution is 7.80. The Balaban J connectivity index is 2.10. The molecule has 0 aliphatic heterocycles. The SMILES string of the molecule is NC(=S)CCc1ccc2c(n1)CCCC2. The van der Waals surface area contributed by atoms with E-state index in [1.165, 1.54) is 30.5 Å². The van der Waals surface area contributed by atoms with Gasteiger partial charge in [0, 0.05) is 17.8 Å². The van der Waals surface area contributed by atoms with E-state index in [9.17, 15) is 0 Å². The lowest BCUT2D eigenvalue weighted by Crippen LogP contribution is -2.11. The van der Waals surface area contributed by atoms with E-state index in [-0.39, 0.29) is 0 Å². The van der Waals surface area contributed by atoms with E-state index in [4.69, 9.17) is 18.0 Å². The molecule has 1 aliphatic carbocycles. The smallest absolute Gasteiger partial charge is 0.0731 e. The maximum absolute atomic E-state index is 5.48. The molecule has 0 aromatic carbocycles. The van der Waals surface area contributed by atoms with E-state index >= 15 is 0 Å². The lowest BCUT2D eigenvalue weighted by Gasteiger charge is -2.15. The molecule has 80 valence electrons. The highest BCUT2D eigenvalue weighted by Gasteiger charge is 2.10. The van der Waals surface area contributed by atoms with Gasteiger partial charge in [-0.1, -0.05) is 18.3 Å². The molecule has 1 aromatic heterocycles. The van der Waals surface area contributed by atoms with Gasteiger partial charge in [0.05, 0.1) is 4.99 Å². The Bertz CT molecular complexity index is 374. The number of aryl methyl sites for hydroxylation is 3. The molecule has 1 aromatic rings. The highest BCUT2D eigenvalue weighted by Crippen LogP contribution is 2.19. The van der Waals surface area contributed by atoms with Crippen LogP contribution in [0.5, 0.6) is 0 Å². The zero-order valence-corrected chi connectivity index (χ0v) is 9.65. The van der Waals surface area contributed by atoms with Crippen molar-refractivity contribution in [1.82, 2.24) is 4.98 Å². The van der Waals surface area contributed by atoms with E-state index in [1.54, 1.807) is 0 Å². The minimum Gasteiger partial charge on any atom is -0.393 e. The van der Waals surface area contributed by atoms with Crippen LogP contribution in [0.3, 0.4) is 0 Å². The van der Waals surface area contributed by atoms with Gasteiger partial charge < -0.3 is 5.73 Å². The quantitative estimate of drug-likeness (QED) is 0.794. The van der Waals surface area contributed by atoms with E-state index in [0.29, 0.717) is 4.99 Å². The van der Waals surface area contributed by atoms with Crippen LogP contribution in [-0.4, -0.2) is 9.97 Å². The van der Waals surface area contributed by atoms with Gasteiger partial charge >= 0.3 is 0 Å². The number of hydrogen-bond acceptors (Lipinski definition) is 2. The van der Waals surface area contributed by atoms with Crippen LogP contribution in [0.15, 0.2) is 12.1 Å². The van der Waals surface area contributed by atoms with Crippen LogP contribution in [-0.2, 0) is 19.3 Å². The minimum atomic E-state index is 0.578. The lowest BCUT2D eigenvalue weighted by molar-refractivity contribution is 0.663. The molecular weight excluding hydrogens is 204 g/mol. The molecule has 1 aliphatic rings. The van der Waals surface area contributed by atoms with Gasteiger partial charge in [-0.25, -0.2) is 0 Å². The first-order chi connectivity index (χ1) is 7.25. The van der Waals surface area contributed by atoms with Crippen LogP contribution in [0.4, 0.5) is 0 Å². The van der Waals surface area contributed by atoms with Crippen LogP contribution < -0.4 is 5.73 Å². The summed E-state index contributed by atoms with van der Waals surface area (Å²) in [6, 6.07) is 4.33. The lowest BCUT2D eigenvalue weighted by atomic mass is 9.95. The minimum absolute atomic E-state index is 0.578. The third-order valence-corrected chi connectivity index (χ3v) is 3.07. The molecule has 15 heavy (non-hydrogen) atoms. The molecule has 0 radical (unpaired) electrons. The van der Waals surface area contributed by atoms with Crippen molar-refractivity contribution in [3.05, 3.63) is 29.1 Å². The van der Waals surface area contributed by atoms with Crippen LogP contribution in [0.25, 0.3) is 0 Å². The number of nitrogens with two attached hydrogens (primary N) is 1. The van der Waals surface area contributed by atoms with Gasteiger partial charge in [-0.2, -0.15) is 0 Å². The van der Waals surface area contributed by atoms with E-state index in [2.05, 4.69) is 17.1 Å². The zero-order valence-electron chi connectivity index (χ0n) is 8.83. The summed E-state index contributed by atoms with van der Waals surface area (Å²) in [4.78, 5) is 5.25. The Morgan fingerprint density at radius 3 is 2.93 bits per heavy atom. The Hall–Kier alpha value is -0.960. The Morgan fingerprint density at radius 1 is 1.33 bits per heavy atom. The maximum Gasteiger partial charge on any atom is 0.0731 e. The molecule has 2 N–H and O–H groups in total. The van der Waals surface area contributed by atoms with Gasteiger partial charge in [-0.3, -0.25) is 4.98 Å². The summed E-state index contributed by atoms with van der Waals surface area (Å²) in [5, 5.41) is 0. The summed E-state index contributed by atoms with van der Waals surface area (Å²) in [6.45, 7) is 0. The fourth-order valence-electron chi connectivity index (χ4n) is 2.02. The number of hydrogen-bond donors (Lipinski definition) is 1. The van der Waals surface area contributed by atoms with Gasteiger partial charge in [0.1, 0.15) is 0 Å². The predicted molar refractivity (Wildman–Crippen MR) is 66.0 cm³/mol. The summed E-state index contributed by atoms with van der Waals surface area (Å²) in [5.74, 6) is 0. The third kappa shape index (κ3) is 2.75. The third-order valence-electron chi connectivity index (χ3n) is 2.86. The van der Waals surface area contributed by atoms with Crippen molar-refractivity contribution >= 4 is 17.2 Å². The molecule has 0 unspecified atom stereocenters. The van der Waals surface area contributed by atoms with Gasteiger partial charge in [0.15, 0.2) is 0 Å². The second-order valence-electron chi connectivity index (χ2n) is 4.08. The monoisotopic (exact) mass is 220 g/mol. The molecule has 2 nitrogen and oxygen atoms in total. The first-order valence-electron chi connectivity index (χ1n) is 5.51. The van der Waals surface area contributed by atoms with Crippen LogP contribution in [0.1, 0.15) is 36.2 Å².